The first-order valence-corrected chi connectivity index (χ1v) is 10.3. The summed E-state index contributed by atoms with van der Waals surface area (Å²) in [5.41, 5.74) is 4.66. The lowest BCUT2D eigenvalue weighted by molar-refractivity contribution is 0.414. The van der Waals surface area contributed by atoms with Crippen molar-refractivity contribution >= 4 is 5.96 Å². The fraction of sp³-hybridized carbons (Fsp3) is 0.333. The molecular formula is C24H31N5O. The summed E-state index contributed by atoms with van der Waals surface area (Å²) in [5, 5.41) is 8.12. The molecule has 2 aromatic carbocycles. The molecule has 0 amide bonds. The largest absolute Gasteiger partial charge is 0.497 e. The Morgan fingerprint density at radius 1 is 1.13 bits per heavy atom. The van der Waals surface area contributed by atoms with Crippen molar-refractivity contribution in [3.05, 3.63) is 77.6 Å². The number of hydrogen-bond acceptors (Lipinski definition) is 3. The minimum absolute atomic E-state index is 0.784. The Labute approximate surface area is 179 Å². The molecule has 0 saturated carbocycles. The standard InChI is InChI=1S/C24H31N5O/c1-19-21(18-29(27-19)22-10-6-5-7-11-22)9-8-16-26-24(25-2)28(3)17-20-12-14-23(30-4)15-13-20/h5-7,10-15,18H,8-9,16-17H2,1-4H3,(H,25,26). The molecule has 0 bridgehead atoms. The monoisotopic (exact) mass is 405 g/mol. The number of aromatic nitrogens is 2. The Hall–Kier alpha value is -3.28. The third kappa shape index (κ3) is 5.63. The van der Waals surface area contributed by atoms with E-state index >= 15 is 0 Å². The number of benzene rings is 2. The van der Waals surface area contributed by atoms with Crippen LogP contribution < -0.4 is 10.1 Å². The van der Waals surface area contributed by atoms with Gasteiger partial charge in [-0.2, -0.15) is 5.10 Å². The highest BCUT2D eigenvalue weighted by atomic mass is 16.5. The van der Waals surface area contributed by atoms with Gasteiger partial charge in [-0.05, 0) is 55.2 Å². The average Bonchev–Trinajstić information content (AvgIpc) is 3.15. The zero-order valence-electron chi connectivity index (χ0n) is 18.3. The van der Waals surface area contributed by atoms with E-state index in [1.165, 1.54) is 11.1 Å². The number of aryl methyl sites for hydroxylation is 2. The molecule has 6 nitrogen and oxygen atoms in total. The molecule has 0 fully saturated rings. The fourth-order valence-electron chi connectivity index (χ4n) is 3.40. The third-order valence-electron chi connectivity index (χ3n) is 5.08. The van der Waals surface area contributed by atoms with Gasteiger partial charge in [-0.15, -0.1) is 0 Å². The van der Waals surface area contributed by atoms with Crippen LogP contribution in [0.25, 0.3) is 5.69 Å². The molecule has 1 aromatic heterocycles. The smallest absolute Gasteiger partial charge is 0.193 e. The van der Waals surface area contributed by atoms with Crippen LogP contribution in [0.1, 0.15) is 23.2 Å². The molecule has 6 heteroatoms. The lowest BCUT2D eigenvalue weighted by atomic mass is 10.1. The van der Waals surface area contributed by atoms with Gasteiger partial charge in [0.15, 0.2) is 5.96 Å². The maximum absolute atomic E-state index is 5.22. The van der Waals surface area contributed by atoms with E-state index in [9.17, 15) is 0 Å². The summed E-state index contributed by atoms with van der Waals surface area (Å²) in [6.07, 6.45) is 4.12. The van der Waals surface area contributed by atoms with Crippen LogP contribution in [-0.2, 0) is 13.0 Å². The molecule has 0 aliphatic heterocycles. The van der Waals surface area contributed by atoms with E-state index in [1.807, 2.05) is 49.1 Å². The lowest BCUT2D eigenvalue weighted by Crippen LogP contribution is -2.39. The summed E-state index contributed by atoms with van der Waals surface area (Å²) in [6, 6.07) is 18.3. The van der Waals surface area contributed by atoms with Gasteiger partial charge in [0, 0.05) is 33.4 Å². The van der Waals surface area contributed by atoms with E-state index < -0.39 is 0 Å². The second-order valence-corrected chi connectivity index (χ2v) is 7.30. The van der Waals surface area contributed by atoms with Crippen molar-refractivity contribution in [2.24, 2.45) is 4.99 Å². The zero-order chi connectivity index (χ0) is 21.3. The summed E-state index contributed by atoms with van der Waals surface area (Å²) in [4.78, 5) is 6.54. The Morgan fingerprint density at radius 3 is 2.53 bits per heavy atom. The zero-order valence-corrected chi connectivity index (χ0v) is 18.3. The number of para-hydroxylation sites is 1. The maximum Gasteiger partial charge on any atom is 0.193 e. The van der Waals surface area contributed by atoms with Gasteiger partial charge in [0.2, 0.25) is 0 Å². The molecule has 1 heterocycles. The third-order valence-corrected chi connectivity index (χ3v) is 5.08. The highest BCUT2D eigenvalue weighted by Crippen LogP contribution is 2.14. The normalized spacial score (nSPS) is 11.4. The van der Waals surface area contributed by atoms with Crippen molar-refractivity contribution in [1.29, 1.82) is 0 Å². The number of aliphatic imine (C=N–C) groups is 1. The predicted molar refractivity (Wildman–Crippen MR) is 122 cm³/mol. The molecule has 3 rings (SSSR count). The minimum Gasteiger partial charge on any atom is -0.497 e. The van der Waals surface area contributed by atoms with Crippen molar-refractivity contribution in [2.75, 3.05) is 27.7 Å². The minimum atomic E-state index is 0.784. The van der Waals surface area contributed by atoms with E-state index in [0.717, 1.165) is 49.0 Å². The molecule has 0 spiro atoms. The highest BCUT2D eigenvalue weighted by molar-refractivity contribution is 5.79. The molecule has 1 N–H and O–H groups in total. The van der Waals surface area contributed by atoms with E-state index in [1.54, 1.807) is 7.11 Å². The Balaban J connectivity index is 1.48. The number of methoxy groups -OCH3 is 1. The molecule has 0 atom stereocenters. The molecule has 0 unspecified atom stereocenters. The second-order valence-electron chi connectivity index (χ2n) is 7.30. The van der Waals surface area contributed by atoms with Crippen LogP contribution in [0, 0.1) is 6.92 Å². The van der Waals surface area contributed by atoms with Crippen LogP contribution in [0.2, 0.25) is 0 Å². The average molecular weight is 406 g/mol. The molecule has 0 radical (unpaired) electrons. The molecule has 0 aliphatic carbocycles. The maximum atomic E-state index is 5.22. The first-order valence-electron chi connectivity index (χ1n) is 10.3. The van der Waals surface area contributed by atoms with Crippen molar-refractivity contribution < 1.29 is 4.74 Å². The van der Waals surface area contributed by atoms with Crippen LogP contribution in [0.3, 0.4) is 0 Å². The fourth-order valence-corrected chi connectivity index (χ4v) is 3.40. The quantitative estimate of drug-likeness (QED) is 0.352. The number of nitrogens with zero attached hydrogens (tertiary/aromatic N) is 4. The van der Waals surface area contributed by atoms with Crippen LogP contribution in [0.5, 0.6) is 5.75 Å². The molecule has 3 aromatic rings. The van der Waals surface area contributed by atoms with Crippen molar-refractivity contribution in [2.45, 2.75) is 26.3 Å². The summed E-state index contributed by atoms with van der Waals surface area (Å²) >= 11 is 0. The van der Waals surface area contributed by atoms with Crippen LogP contribution in [-0.4, -0.2) is 48.4 Å². The molecular weight excluding hydrogens is 374 g/mol. The first kappa shape index (κ1) is 21.4. The number of nitrogens with one attached hydrogen (secondary N) is 1. The van der Waals surface area contributed by atoms with Gasteiger partial charge in [-0.1, -0.05) is 30.3 Å². The summed E-state index contributed by atoms with van der Waals surface area (Å²) in [7, 11) is 5.55. The predicted octanol–water partition coefficient (Wildman–Crippen LogP) is 3.83. The van der Waals surface area contributed by atoms with E-state index in [2.05, 4.69) is 57.7 Å². The van der Waals surface area contributed by atoms with Gasteiger partial charge >= 0.3 is 0 Å². The van der Waals surface area contributed by atoms with Crippen molar-refractivity contribution in [3.63, 3.8) is 0 Å². The highest BCUT2D eigenvalue weighted by Gasteiger charge is 2.09. The molecule has 158 valence electrons. The topological polar surface area (TPSA) is 54.7 Å². The summed E-state index contributed by atoms with van der Waals surface area (Å²) < 4.78 is 7.18. The molecule has 0 aliphatic rings. The summed E-state index contributed by atoms with van der Waals surface area (Å²) in [5.74, 6) is 1.76. The second kappa shape index (κ2) is 10.5. The number of rotatable bonds is 8. The molecule has 30 heavy (non-hydrogen) atoms. The van der Waals surface area contributed by atoms with Crippen LogP contribution >= 0.6 is 0 Å². The van der Waals surface area contributed by atoms with Gasteiger partial charge in [-0.3, -0.25) is 4.99 Å². The van der Waals surface area contributed by atoms with Gasteiger partial charge in [0.05, 0.1) is 18.5 Å². The van der Waals surface area contributed by atoms with Crippen LogP contribution in [0.4, 0.5) is 0 Å². The summed E-state index contributed by atoms with van der Waals surface area (Å²) in [6.45, 7) is 3.71. The Kier molecular flexibility index (Phi) is 7.49. The number of guanidine groups is 1. The van der Waals surface area contributed by atoms with E-state index in [-0.39, 0.29) is 0 Å². The van der Waals surface area contributed by atoms with Crippen LogP contribution in [0.15, 0.2) is 65.8 Å². The van der Waals surface area contributed by atoms with Gasteiger partial charge < -0.3 is 15.0 Å². The van der Waals surface area contributed by atoms with Crippen molar-refractivity contribution in [3.8, 4) is 11.4 Å². The SMILES string of the molecule is CN=C(NCCCc1cn(-c2ccccc2)nc1C)N(C)Cc1ccc(OC)cc1. The lowest BCUT2D eigenvalue weighted by Gasteiger charge is -2.22. The number of hydrogen-bond donors (Lipinski definition) is 1. The Bertz CT molecular complexity index is 947. The van der Waals surface area contributed by atoms with Crippen molar-refractivity contribution in [1.82, 2.24) is 20.0 Å². The molecule has 0 saturated heterocycles. The van der Waals surface area contributed by atoms with E-state index in [4.69, 9.17) is 4.74 Å². The van der Waals surface area contributed by atoms with E-state index in [0.29, 0.717) is 0 Å². The van der Waals surface area contributed by atoms with Gasteiger partial charge in [-0.25, -0.2) is 4.68 Å². The number of ether oxygens (including phenoxy) is 1. The van der Waals surface area contributed by atoms with Gasteiger partial charge in [0.25, 0.3) is 0 Å². The van der Waals surface area contributed by atoms with Gasteiger partial charge in [0.1, 0.15) is 5.75 Å². The first-order chi connectivity index (χ1) is 14.6. The Morgan fingerprint density at radius 2 is 1.87 bits per heavy atom.